The monoisotopic (exact) mass is 287 g/mol. The van der Waals surface area contributed by atoms with Gasteiger partial charge in [-0.05, 0) is 46.2 Å². The predicted octanol–water partition coefficient (Wildman–Crippen LogP) is 2.79. The van der Waals surface area contributed by atoms with E-state index in [0.717, 1.165) is 22.9 Å². The van der Waals surface area contributed by atoms with Crippen LogP contribution in [0.1, 0.15) is 12.8 Å². The molecule has 0 atom stereocenters. The number of halogens is 1. The zero-order valence-corrected chi connectivity index (χ0v) is 10.9. The van der Waals surface area contributed by atoms with Crippen molar-refractivity contribution in [2.75, 3.05) is 23.4 Å². The van der Waals surface area contributed by atoms with Crippen molar-refractivity contribution in [3.63, 3.8) is 0 Å². The van der Waals surface area contributed by atoms with Gasteiger partial charge in [-0.3, -0.25) is 0 Å². The summed E-state index contributed by atoms with van der Waals surface area (Å²) in [7, 11) is 0. The van der Waals surface area contributed by atoms with Gasteiger partial charge in [-0.2, -0.15) is 11.8 Å². The summed E-state index contributed by atoms with van der Waals surface area (Å²) in [4.78, 5) is 8.37. The normalized spacial score (nSPS) is 17.7. The predicted molar refractivity (Wildman–Crippen MR) is 68.3 cm³/mol. The molecular weight excluding hydrogens is 274 g/mol. The van der Waals surface area contributed by atoms with Gasteiger partial charge in [-0.1, -0.05) is 0 Å². The van der Waals surface area contributed by atoms with E-state index in [2.05, 4.69) is 43.0 Å². The van der Waals surface area contributed by atoms with E-state index in [4.69, 9.17) is 0 Å². The summed E-state index contributed by atoms with van der Waals surface area (Å²) in [6.45, 7) is 1.02. The van der Waals surface area contributed by atoms with Crippen molar-refractivity contribution < 1.29 is 0 Å². The third kappa shape index (κ3) is 3.65. The summed E-state index contributed by atoms with van der Waals surface area (Å²) in [5.74, 6) is 4.28. The van der Waals surface area contributed by atoms with Crippen LogP contribution in [0.25, 0.3) is 0 Å². The van der Waals surface area contributed by atoms with Crippen LogP contribution in [-0.2, 0) is 0 Å². The zero-order chi connectivity index (χ0) is 10.5. The third-order valence-electron chi connectivity index (χ3n) is 2.53. The molecule has 1 aliphatic heterocycles. The number of nitrogens with one attached hydrogen (secondary N) is 1. The Morgan fingerprint density at radius 1 is 1.33 bits per heavy atom. The van der Waals surface area contributed by atoms with Crippen molar-refractivity contribution in [2.45, 2.75) is 12.8 Å². The van der Waals surface area contributed by atoms with Crippen LogP contribution in [0.4, 0.5) is 5.82 Å². The minimum atomic E-state index is 0.780. The number of thioether (sulfide) groups is 1. The lowest BCUT2D eigenvalue weighted by atomic mass is 10.0. The molecule has 0 saturated carbocycles. The first-order valence-corrected chi connectivity index (χ1v) is 7.08. The highest BCUT2D eigenvalue weighted by molar-refractivity contribution is 9.10. The molecule has 1 aliphatic rings. The molecule has 1 aromatic rings. The van der Waals surface area contributed by atoms with Crippen molar-refractivity contribution in [1.82, 2.24) is 9.97 Å². The van der Waals surface area contributed by atoms with E-state index in [1.165, 1.54) is 24.3 Å². The second-order valence-electron chi connectivity index (χ2n) is 3.66. The Bertz CT molecular complexity index is 298. The Balaban J connectivity index is 1.79. The fraction of sp³-hybridized carbons (Fsp3) is 0.600. The standard InChI is InChI=1S/C10H14BrN3S/c11-9-6-14-10(7-12-9)13-5-8-1-3-15-4-2-8/h6-8H,1-5H2,(H,13,14). The van der Waals surface area contributed by atoms with E-state index in [1.807, 2.05) is 0 Å². The van der Waals surface area contributed by atoms with Gasteiger partial charge in [-0.15, -0.1) is 0 Å². The van der Waals surface area contributed by atoms with Crippen LogP contribution in [0.3, 0.4) is 0 Å². The molecule has 2 rings (SSSR count). The van der Waals surface area contributed by atoms with Crippen LogP contribution < -0.4 is 5.32 Å². The van der Waals surface area contributed by atoms with Crippen molar-refractivity contribution >= 4 is 33.5 Å². The molecule has 0 bridgehead atoms. The van der Waals surface area contributed by atoms with Crippen LogP contribution in [0.5, 0.6) is 0 Å². The summed E-state index contributed by atoms with van der Waals surface area (Å²) in [6, 6.07) is 0. The van der Waals surface area contributed by atoms with Gasteiger partial charge >= 0.3 is 0 Å². The largest absolute Gasteiger partial charge is 0.369 e. The molecule has 0 unspecified atom stereocenters. The fourth-order valence-corrected chi connectivity index (χ4v) is 3.01. The lowest BCUT2D eigenvalue weighted by Gasteiger charge is -2.21. The average Bonchev–Trinajstić information content (AvgIpc) is 2.30. The second-order valence-corrected chi connectivity index (χ2v) is 5.70. The molecule has 1 fully saturated rings. The second kappa shape index (κ2) is 5.70. The number of aromatic nitrogens is 2. The maximum atomic E-state index is 4.24. The molecule has 1 N–H and O–H groups in total. The molecule has 82 valence electrons. The van der Waals surface area contributed by atoms with E-state index in [1.54, 1.807) is 12.4 Å². The van der Waals surface area contributed by atoms with Gasteiger partial charge in [0.15, 0.2) is 0 Å². The third-order valence-corrected chi connectivity index (χ3v) is 3.99. The van der Waals surface area contributed by atoms with Crippen LogP contribution in [-0.4, -0.2) is 28.0 Å². The highest BCUT2D eigenvalue weighted by atomic mass is 79.9. The van der Waals surface area contributed by atoms with E-state index < -0.39 is 0 Å². The Labute approximate surface area is 103 Å². The first kappa shape index (κ1) is 11.2. The molecule has 0 aliphatic carbocycles. The van der Waals surface area contributed by atoms with Crippen LogP contribution in [0.2, 0.25) is 0 Å². The van der Waals surface area contributed by atoms with E-state index in [9.17, 15) is 0 Å². The first-order valence-electron chi connectivity index (χ1n) is 5.14. The highest BCUT2D eigenvalue weighted by Crippen LogP contribution is 2.22. The minimum Gasteiger partial charge on any atom is -0.369 e. The Kier molecular flexibility index (Phi) is 4.26. The van der Waals surface area contributed by atoms with Crippen molar-refractivity contribution in [3.8, 4) is 0 Å². The van der Waals surface area contributed by atoms with Gasteiger partial charge in [0.1, 0.15) is 10.4 Å². The quantitative estimate of drug-likeness (QED) is 0.928. The Morgan fingerprint density at radius 3 is 2.80 bits per heavy atom. The van der Waals surface area contributed by atoms with Crippen LogP contribution in [0, 0.1) is 5.92 Å². The minimum absolute atomic E-state index is 0.780. The Hall–Kier alpha value is -0.290. The number of anilines is 1. The lowest BCUT2D eigenvalue weighted by molar-refractivity contribution is 0.515. The van der Waals surface area contributed by atoms with Gasteiger partial charge < -0.3 is 5.32 Å². The maximum Gasteiger partial charge on any atom is 0.144 e. The zero-order valence-electron chi connectivity index (χ0n) is 8.45. The first-order chi connectivity index (χ1) is 7.34. The SMILES string of the molecule is Brc1cnc(NCC2CCSCC2)cn1. The molecular formula is C10H14BrN3S. The molecule has 0 aromatic carbocycles. The van der Waals surface area contributed by atoms with E-state index in [0.29, 0.717) is 0 Å². The van der Waals surface area contributed by atoms with Gasteiger partial charge in [0, 0.05) is 6.54 Å². The van der Waals surface area contributed by atoms with Gasteiger partial charge in [0.2, 0.25) is 0 Å². The average molecular weight is 288 g/mol. The van der Waals surface area contributed by atoms with E-state index in [-0.39, 0.29) is 0 Å². The fourth-order valence-electron chi connectivity index (χ4n) is 1.60. The molecule has 0 radical (unpaired) electrons. The number of nitrogens with zero attached hydrogens (tertiary/aromatic N) is 2. The highest BCUT2D eigenvalue weighted by Gasteiger charge is 2.13. The van der Waals surface area contributed by atoms with Crippen molar-refractivity contribution in [2.24, 2.45) is 5.92 Å². The van der Waals surface area contributed by atoms with Crippen molar-refractivity contribution in [3.05, 3.63) is 17.0 Å². The molecule has 1 aromatic heterocycles. The van der Waals surface area contributed by atoms with Gasteiger partial charge in [-0.25, -0.2) is 9.97 Å². The molecule has 0 amide bonds. The summed E-state index contributed by atoms with van der Waals surface area (Å²) in [5, 5.41) is 3.34. The summed E-state index contributed by atoms with van der Waals surface area (Å²) in [6.07, 6.45) is 6.13. The summed E-state index contributed by atoms with van der Waals surface area (Å²) in [5.41, 5.74) is 0. The number of rotatable bonds is 3. The number of hydrogen-bond acceptors (Lipinski definition) is 4. The summed E-state index contributed by atoms with van der Waals surface area (Å²) < 4.78 is 0.780. The Morgan fingerprint density at radius 2 is 2.13 bits per heavy atom. The van der Waals surface area contributed by atoms with Gasteiger partial charge in [0.25, 0.3) is 0 Å². The van der Waals surface area contributed by atoms with Crippen LogP contribution in [0.15, 0.2) is 17.0 Å². The maximum absolute atomic E-state index is 4.24. The van der Waals surface area contributed by atoms with Crippen LogP contribution >= 0.6 is 27.7 Å². The molecule has 15 heavy (non-hydrogen) atoms. The van der Waals surface area contributed by atoms with Gasteiger partial charge in [0.05, 0.1) is 12.4 Å². The van der Waals surface area contributed by atoms with Crippen molar-refractivity contribution in [1.29, 1.82) is 0 Å². The molecule has 5 heteroatoms. The smallest absolute Gasteiger partial charge is 0.144 e. The molecule has 0 spiro atoms. The molecule has 3 nitrogen and oxygen atoms in total. The molecule has 2 heterocycles. The number of hydrogen-bond donors (Lipinski definition) is 1. The lowest BCUT2D eigenvalue weighted by Crippen LogP contribution is -2.19. The molecule has 1 saturated heterocycles. The van der Waals surface area contributed by atoms with E-state index >= 15 is 0 Å². The topological polar surface area (TPSA) is 37.8 Å². The summed E-state index contributed by atoms with van der Waals surface area (Å²) >= 11 is 5.33.